The number of aromatic nitrogens is 3. The van der Waals surface area contributed by atoms with Crippen molar-refractivity contribution < 1.29 is 9.90 Å². The average Bonchev–Trinajstić information content (AvgIpc) is 2.63. The molecule has 2 aromatic rings. The van der Waals surface area contributed by atoms with Crippen LogP contribution in [0.3, 0.4) is 0 Å². The summed E-state index contributed by atoms with van der Waals surface area (Å²) in [5.74, 6) is -0.0662. The van der Waals surface area contributed by atoms with Crippen molar-refractivity contribution in [3.63, 3.8) is 0 Å². The molecule has 1 amide bonds. The predicted molar refractivity (Wildman–Crippen MR) is 61.2 cm³/mol. The van der Waals surface area contributed by atoms with Gasteiger partial charge in [0.25, 0.3) is 0 Å². The Morgan fingerprint density at radius 1 is 1.53 bits per heavy atom. The number of anilines is 2. The van der Waals surface area contributed by atoms with Crippen molar-refractivity contribution in [2.45, 2.75) is 6.54 Å². The molecule has 0 aliphatic heterocycles. The van der Waals surface area contributed by atoms with Crippen molar-refractivity contribution in [2.24, 2.45) is 0 Å². The van der Waals surface area contributed by atoms with Crippen LogP contribution in [-0.2, 0) is 11.3 Å². The molecule has 2 rings (SSSR count). The quantitative estimate of drug-likeness (QED) is 0.702. The number of hydrogen-bond donors (Lipinski definition) is 3. The summed E-state index contributed by atoms with van der Waals surface area (Å²) in [5, 5.41) is 15.6. The summed E-state index contributed by atoms with van der Waals surface area (Å²) in [6, 6.07) is 6.28. The Balaban J connectivity index is 1.98. The maximum Gasteiger partial charge on any atom is 0.246 e. The van der Waals surface area contributed by atoms with E-state index >= 15 is 0 Å². The number of nitrogens with two attached hydrogens (primary N) is 1. The van der Waals surface area contributed by atoms with E-state index in [1.165, 1.54) is 23.1 Å². The second-order valence-corrected chi connectivity index (χ2v) is 3.40. The lowest BCUT2D eigenvalue weighted by atomic mass is 10.3. The van der Waals surface area contributed by atoms with Crippen molar-refractivity contribution in [1.29, 1.82) is 0 Å². The van der Waals surface area contributed by atoms with E-state index in [0.717, 1.165) is 0 Å². The first-order chi connectivity index (χ1) is 8.13. The van der Waals surface area contributed by atoms with Gasteiger partial charge in [0, 0.05) is 11.8 Å². The van der Waals surface area contributed by atoms with Crippen LogP contribution in [0.1, 0.15) is 0 Å². The minimum absolute atomic E-state index is 0.0137. The van der Waals surface area contributed by atoms with E-state index in [9.17, 15) is 9.90 Å². The maximum atomic E-state index is 11.6. The zero-order valence-electron chi connectivity index (χ0n) is 8.87. The third-order valence-electron chi connectivity index (χ3n) is 1.99. The Hall–Kier alpha value is -2.57. The second kappa shape index (κ2) is 4.52. The van der Waals surface area contributed by atoms with E-state index in [1.54, 1.807) is 12.1 Å². The zero-order chi connectivity index (χ0) is 12.3. The monoisotopic (exact) mass is 233 g/mol. The summed E-state index contributed by atoms with van der Waals surface area (Å²) in [6.07, 6.45) is 1.37. The fraction of sp³-hybridized carbons (Fsp3) is 0.100. The Labute approximate surface area is 96.9 Å². The van der Waals surface area contributed by atoms with Gasteiger partial charge in [0.1, 0.15) is 18.6 Å². The van der Waals surface area contributed by atoms with Gasteiger partial charge in [-0.1, -0.05) is 6.07 Å². The Bertz CT molecular complexity index is 537. The van der Waals surface area contributed by atoms with E-state index in [4.69, 9.17) is 5.73 Å². The van der Waals surface area contributed by atoms with Crippen molar-refractivity contribution in [3.8, 4) is 5.75 Å². The molecule has 88 valence electrons. The van der Waals surface area contributed by atoms with Crippen LogP contribution in [0.5, 0.6) is 5.75 Å². The molecule has 0 atom stereocenters. The third kappa shape index (κ3) is 2.94. The summed E-state index contributed by atoms with van der Waals surface area (Å²) >= 11 is 0. The Morgan fingerprint density at radius 3 is 3.00 bits per heavy atom. The molecule has 7 heteroatoms. The Kier molecular flexibility index (Phi) is 2.91. The van der Waals surface area contributed by atoms with E-state index < -0.39 is 0 Å². The first kappa shape index (κ1) is 10.9. The number of hydrogen-bond acceptors (Lipinski definition) is 5. The molecule has 0 fully saturated rings. The van der Waals surface area contributed by atoms with Crippen LogP contribution in [0.4, 0.5) is 11.6 Å². The fourth-order valence-electron chi connectivity index (χ4n) is 1.32. The van der Waals surface area contributed by atoms with E-state index in [2.05, 4.69) is 15.4 Å². The van der Waals surface area contributed by atoms with Crippen LogP contribution >= 0.6 is 0 Å². The van der Waals surface area contributed by atoms with Gasteiger partial charge in [-0.3, -0.25) is 4.79 Å². The number of phenols is 1. The molecule has 0 aliphatic carbocycles. The molecule has 17 heavy (non-hydrogen) atoms. The van der Waals surface area contributed by atoms with Gasteiger partial charge in [-0.15, -0.1) is 5.10 Å². The molecule has 0 saturated heterocycles. The largest absolute Gasteiger partial charge is 0.508 e. The molecule has 7 nitrogen and oxygen atoms in total. The van der Waals surface area contributed by atoms with Gasteiger partial charge < -0.3 is 16.2 Å². The average molecular weight is 233 g/mol. The third-order valence-corrected chi connectivity index (χ3v) is 1.99. The summed E-state index contributed by atoms with van der Waals surface area (Å²) < 4.78 is 1.33. The number of amides is 1. The lowest BCUT2D eigenvalue weighted by Gasteiger charge is -2.04. The van der Waals surface area contributed by atoms with Crippen molar-refractivity contribution >= 4 is 17.5 Å². The van der Waals surface area contributed by atoms with Gasteiger partial charge in [-0.25, -0.2) is 9.67 Å². The highest BCUT2D eigenvalue weighted by atomic mass is 16.3. The number of phenolic OH excluding ortho intramolecular Hbond substituents is 1. The van der Waals surface area contributed by atoms with Crippen molar-refractivity contribution in [1.82, 2.24) is 14.8 Å². The summed E-state index contributed by atoms with van der Waals surface area (Å²) in [6.45, 7) is 0.0137. The number of nitrogens with zero attached hydrogens (tertiary/aromatic N) is 3. The molecule has 0 unspecified atom stereocenters. The number of carbonyl (C=O) groups excluding carboxylic acids is 1. The molecule has 0 saturated carbocycles. The molecule has 0 aliphatic rings. The van der Waals surface area contributed by atoms with Gasteiger partial charge in [0.05, 0.1) is 0 Å². The molecule has 1 aromatic carbocycles. The molecular weight excluding hydrogens is 222 g/mol. The molecule has 0 radical (unpaired) electrons. The smallest absolute Gasteiger partial charge is 0.246 e. The SMILES string of the molecule is Nc1ncn(CC(=O)Nc2cccc(O)c2)n1. The minimum atomic E-state index is -0.277. The summed E-state index contributed by atoms with van der Waals surface area (Å²) in [4.78, 5) is 15.3. The van der Waals surface area contributed by atoms with Crippen molar-refractivity contribution in [3.05, 3.63) is 30.6 Å². The molecular formula is C10H11N5O2. The van der Waals surface area contributed by atoms with E-state index in [1.807, 2.05) is 0 Å². The predicted octanol–water partition coefficient (Wildman–Crippen LogP) is 0.205. The molecule has 1 heterocycles. The molecule has 1 aromatic heterocycles. The summed E-state index contributed by atoms with van der Waals surface area (Å²) in [5.41, 5.74) is 5.84. The molecule has 4 N–H and O–H groups in total. The maximum absolute atomic E-state index is 11.6. The van der Waals surface area contributed by atoms with Crippen LogP contribution in [0.2, 0.25) is 0 Å². The lowest BCUT2D eigenvalue weighted by Crippen LogP contribution is -2.19. The van der Waals surface area contributed by atoms with Gasteiger partial charge in [-0.05, 0) is 12.1 Å². The van der Waals surface area contributed by atoms with E-state index in [0.29, 0.717) is 5.69 Å². The number of benzene rings is 1. The van der Waals surface area contributed by atoms with E-state index in [-0.39, 0.29) is 24.1 Å². The first-order valence-corrected chi connectivity index (χ1v) is 4.87. The van der Waals surface area contributed by atoms with Crippen LogP contribution in [0, 0.1) is 0 Å². The van der Waals surface area contributed by atoms with Crippen molar-refractivity contribution in [2.75, 3.05) is 11.1 Å². The molecule has 0 bridgehead atoms. The Morgan fingerprint density at radius 2 is 2.35 bits per heavy atom. The van der Waals surface area contributed by atoms with Crippen LogP contribution in [0.25, 0.3) is 0 Å². The number of rotatable bonds is 3. The minimum Gasteiger partial charge on any atom is -0.508 e. The van der Waals surface area contributed by atoms with Crippen LogP contribution in [-0.4, -0.2) is 25.8 Å². The fourth-order valence-corrected chi connectivity index (χ4v) is 1.32. The summed E-state index contributed by atoms with van der Waals surface area (Å²) in [7, 11) is 0. The topological polar surface area (TPSA) is 106 Å². The van der Waals surface area contributed by atoms with Crippen LogP contribution in [0.15, 0.2) is 30.6 Å². The number of carbonyl (C=O) groups is 1. The van der Waals surface area contributed by atoms with Gasteiger partial charge in [0.2, 0.25) is 11.9 Å². The molecule has 0 spiro atoms. The van der Waals surface area contributed by atoms with Crippen LogP contribution < -0.4 is 11.1 Å². The lowest BCUT2D eigenvalue weighted by molar-refractivity contribution is -0.116. The normalized spacial score (nSPS) is 10.1. The van der Waals surface area contributed by atoms with Gasteiger partial charge >= 0.3 is 0 Å². The zero-order valence-corrected chi connectivity index (χ0v) is 8.87. The van der Waals surface area contributed by atoms with Gasteiger partial charge in [-0.2, -0.15) is 0 Å². The second-order valence-electron chi connectivity index (χ2n) is 3.40. The highest BCUT2D eigenvalue weighted by molar-refractivity contribution is 5.90. The number of nitrogens with one attached hydrogen (secondary N) is 1. The number of nitrogen functional groups attached to an aromatic ring is 1. The van der Waals surface area contributed by atoms with Gasteiger partial charge in [0.15, 0.2) is 0 Å². The number of aromatic hydroxyl groups is 1. The first-order valence-electron chi connectivity index (χ1n) is 4.87. The standard InChI is InChI=1S/C10H11N5O2/c11-10-12-6-15(14-10)5-9(17)13-7-2-1-3-8(16)4-7/h1-4,6,16H,5H2,(H2,11,14)(H,13,17). The highest BCUT2D eigenvalue weighted by Crippen LogP contribution is 2.15. The highest BCUT2D eigenvalue weighted by Gasteiger charge is 2.05.